The molecule has 21 heavy (non-hydrogen) atoms. The summed E-state index contributed by atoms with van der Waals surface area (Å²) < 4.78 is 5.35. The van der Waals surface area contributed by atoms with Crippen LogP contribution in [0.2, 0.25) is 0 Å². The summed E-state index contributed by atoms with van der Waals surface area (Å²) >= 11 is 0. The van der Waals surface area contributed by atoms with E-state index in [0.717, 1.165) is 42.2 Å². The normalized spacial score (nSPS) is 10.2. The fraction of sp³-hybridized carbons (Fsp3) is 0.375. The van der Waals surface area contributed by atoms with Crippen molar-refractivity contribution in [3.8, 4) is 5.75 Å². The first kappa shape index (κ1) is 15.1. The van der Waals surface area contributed by atoms with E-state index in [2.05, 4.69) is 27.5 Å². The highest BCUT2D eigenvalue weighted by molar-refractivity contribution is 5.64. The summed E-state index contributed by atoms with van der Waals surface area (Å²) in [7, 11) is 1.65. The average molecular weight is 286 g/mol. The number of nitrogens with zero attached hydrogens (tertiary/aromatic N) is 2. The number of aryl methyl sites for hydroxylation is 1. The molecule has 1 aromatic heterocycles. The molecule has 0 amide bonds. The van der Waals surface area contributed by atoms with Crippen LogP contribution < -0.4 is 15.4 Å². The summed E-state index contributed by atoms with van der Waals surface area (Å²) in [5, 5.41) is 6.50. The molecule has 5 heteroatoms. The van der Waals surface area contributed by atoms with Gasteiger partial charge in [-0.15, -0.1) is 0 Å². The predicted octanol–water partition coefficient (Wildman–Crippen LogP) is 3.75. The lowest BCUT2D eigenvalue weighted by Gasteiger charge is -2.11. The Kier molecular flexibility index (Phi) is 5.37. The molecule has 1 heterocycles. The number of benzene rings is 1. The number of anilines is 3. The van der Waals surface area contributed by atoms with Crippen LogP contribution in [0.5, 0.6) is 5.75 Å². The van der Waals surface area contributed by atoms with Gasteiger partial charge >= 0.3 is 0 Å². The molecule has 0 saturated heterocycles. The van der Waals surface area contributed by atoms with Gasteiger partial charge in [0.2, 0.25) is 5.95 Å². The number of ether oxygens (including phenoxy) is 1. The maximum atomic E-state index is 5.35. The number of nitrogens with one attached hydrogen (secondary N) is 2. The molecule has 0 bridgehead atoms. The Bertz CT molecular complexity index is 586. The second kappa shape index (κ2) is 7.47. The number of unbranched alkanes of at least 4 members (excludes halogenated alkanes) is 1. The molecule has 0 aliphatic heterocycles. The van der Waals surface area contributed by atoms with Gasteiger partial charge in [0, 0.05) is 12.7 Å². The van der Waals surface area contributed by atoms with Crippen molar-refractivity contribution in [2.24, 2.45) is 0 Å². The zero-order chi connectivity index (χ0) is 15.1. The summed E-state index contributed by atoms with van der Waals surface area (Å²) in [5.41, 5.74) is 2.01. The molecular formula is C16H22N4O. The first-order valence-corrected chi connectivity index (χ1v) is 7.21. The Morgan fingerprint density at radius 1 is 1.24 bits per heavy atom. The molecule has 0 fully saturated rings. The molecule has 0 aliphatic rings. The summed E-state index contributed by atoms with van der Waals surface area (Å²) in [5.74, 6) is 2.15. The van der Waals surface area contributed by atoms with E-state index in [-0.39, 0.29) is 0 Å². The molecule has 112 valence electrons. The largest absolute Gasteiger partial charge is 0.495 e. The van der Waals surface area contributed by atoms with Gasteiger partial charge in [-0.2, -0.15) is 4.98 Å². The third-order valence-electron chi connectivity index (χ3n) is 3.09. The van der Waals surface area contributed by atoms with Gasteiger partial charge in [-0.1, -0.05) is 19.4 Å². The Morgan fingerprint density at radius 3 is 2.86 bits per heavy atom. The van der Waals surface area contributed by atoms with E-state index in [1.165, 1.54) is 0 Å². The first-order valence-electron chi connectivity index (χ1n) is 7.21. The average Bonchev–Trinajstić information content (AvgIpc) is 2.48. The highest BCUT2D eigenvalue weighted by Gasteiger charge is 2.06. The number of aromatic nitrogens is 2. The minimum Gasteiger partial charge on any atom is -0.495 e. The molecule has 0 aliphatic carbocycles. The van der Waals surface area contributed by atoms with Crippen LogP contribution in [0.1, 0.15) is 25.3 Å². The molecule has 0 saturated carbocycles. The van der Waals surface area contributed by atoms with Crippen molar-refractivity contribution in [1.82, 2.24) is 9.97 Å². The minimum atomic E-state index is 0.556. The Hall–Kier alpha value is -2.30. The van der Waals surface area contributed by atoms with Crippen LogP contribution in [0.4, 0.5) is 17.5 Å². The maximum Gasteiger partial charge on any atom is 0.229 e. The van der Waals surface area contributed by atoms with Crippen LogP contribution in [-0.4, -0.2) is 23.6 Å². The Labute approximate surface area is 125 Å². The zero-order valence-electron chi connectivity index (χ0n) is 12.8. The second-order valence-electron chi connectivity index (χ2n) is 4.87. The standard InChI is InChI=1S/C16H22N4O/c1-4-5-9-17-15-8-10-18-16(20-15)19-13-11-12(2)6-7-14(13)21-3/h6-8,10-11H,4-5,9H2,1-3H3,(H2,17,18,19,20). The van der Waals surface area contributed by atoms with E-state index in [0.29, 0.717) is 5.95 Å². The lowest BCUT2D eigenvalue weighted by atomic mass is 10.2. The maximum absolute atomic E-state index is 5.35. The van der Waals surface area contributed by atoms with Crippen molar-refractivity contribution in [3.63, 3.8) is 0 Å². The lowest BCUT2D eigenvalue weighted by Crippen LogP contribution is -2.05. The van der Waals surface area contributed by atoms with Crippen LogP contribution >= 0.6 is 0 Å². The molecule has 0 unspecified atom stereocenters. The molecule has 2 rings (SSSR count). The molecule has 0 radical (unpaired) electrons. The van der Waals surface area contributed by atoms with E-state index in [1.54, 1.807) is 13.3 Å². The molecule has 1 aromatic carbocycles. The Morgan fingerprint density at radius 2 is 2.10 bits per heavy atom. The Balaban J connectivity index is 2.12. The van der Waals surface area contributed by atoms with Crippen molar-refractivity contribution >= 4 is 17.5 Å². The van der Waals surface area contributed by atoms with Crippen molar-refractivity contribution in [2.75, 3.05) is 24.3 Å². The van der Waals surface area contributed by atoms with E-state index in [4.69, 9.17) is 4.74 Å². The predicted molar refractivity (Wildman–Crippen MR) is 86.4 cm³/mol. The summed E-state index contributed by atoms with van der Waals surface area (Å²) in [6.07, 6.45) is 4.02. The van der Waals surface area contributed by atoms with Gasteiger partial charge in [-0.25, -0.2) is 4.98 Å². The van der Waals surface area contributed by atoms with Crippen LogP contribution in [0.15, 0.2) is 30.5 Å². The van der Waals surface area contributed by atoms with E-state index in [9.17, 15) is 0 Å². The smallest absolute Gasteiger partial charge is 0.229 e. The fourth-order valence-corrected chi connectivity index (χ4v) is 1.95. The zero-order valence-corrected chi connectivity index (χ0v) is 12.8. The van der Waals surface area contributed by atoms with Crippen LogP contribution in [0, 0.1) is 6.92 Å². The fourth-order valence-electron chi connectivity index (χ4n) is 1.95. The number of hydrogen-bond donors (Lipinski definition) is 2. The van der Waals surface area contributed by atoms with Crippen molar-refractivity contribution in [2.45, 2.75) is 26.7 Å². The van der Waals surface area contributed by atoms with Gasteiger partial charge in [-0.05, 0) is 37.1 Å². The third kappa shape index (κ3) is 4.34. The van der Waals surface area contributed by atoms with E-state index < -0.39 is 0 Å². The van der Waals surface area contributed by atoms with E-state index in [1.807, 2.05) is 31.2 Å². The van der Waals surface area contributed by atoms with Gasteiger partial charge < -0.3 is 15.4 Å². The van der Waals surface area contributed by atoms with Gasteiger partial charge in [0.05, 0.1) is 12.8 Å². The highest BCUT2D eigenvalue weighted by Crippen LogP contribution is 2.27. The third-order valence-corrected chi connectivity index (χ3v) is 3.09. The minimum absolute atomic E-state index is 0.556. The van der Waals surface area contributed by atoms with Crippen molar-refractivity contribution in [3.05, 3.63) is 36.0 Å². The molecular weight excluding hydrogens is 264 g/mol. The van der Waals surface area contributed by atoms with Crippen LogP contribution in [0.25, 0.3) is 0 Å². The molecule has 5 nitrogen and oxygen atoms in total. The van der Waals surface area contributed by atoms with Gasteiger partial charge in [0.25, 0.3) is 0 Å². The van der Waals surface area contributed by atoms with Crippen LogP contribution in [0.3, 0.4) is 0 Å². The second-order valence-corrected chi connectivity index (χ2v) is 4.87. The molecule has 0 atom stereocenters. The molecule has 0 spiro atoms. The van der Waals surface area contributed by atoms with E-state index >= 15 is 0 Å². The lowest BCUT2D eigenvalue weighted by molar-refractivity contribution is 0.416. The van der Waals surface area contributed by atoms with Gasteiger partial charge in [-0.3, -0.25) is 0 Å². The van der Waals surface area contributed by atoms with Crippen molar-refractivity contribution in [1.29, 1.82) is 0 Å². The number of hydrogen-bond acceptors (Lipinski definition) is 5. The van der Waals surface area contributed by atoms with Gasteiger partial charge in [0.15, 0.2) is 0 Å². The molecule has 2 N–H and O–H groups in total. The first-order chi connectivity index (χ1) is 10.2. The summed E-state index contributed by atoms with van der Waals surface area (Å²) in [6, 6.07) is 7.82. The SMILES string of the molecule is CCCCNc1ccnc(Nc2cc(C)ccc2OC)n1. The summed E-state index contributed by atoms with van der Waals surface area (Å²) in [6.45, 7) is 5.12. The monoisotopic (exact) mass is 286 g/mol. The number of rotatable bonds is 7. The molecule has 2 aromatic rings. The highest BCUT2D eigenvalue weighted by atomic mass is 16.5. The summed E-state index contributed by atoms with van der Waals surface area (Å²) in [4.78, 5) is 8.71. The topological polar surface area (TPSA) is 59.1 Å². The quantitative estimate of drug-likeness (QED) is 0.759. The van der Waals surface area contributed by atoms with Crippen molar-refractivity contribution < 1.29 is 4.74 Å². The number of methoxy groups -OCH3 is 1. The van der Waals surface area contributed by atoms with Crippen LogP contribution in [-0.2, 0) is 0 Å². The van der Waals surface area contributed by atoms with Gasteiger partial charge in [0.1, 0.15) is 11.6 Å².